The Hall–Kier alpha value is -2.14. The van der Waals surface area contributed by atoms with Crippen LogP contribution >= 0.6 is 12.2 Å². The normalized spacial score (nSPS) is 10.9. The average Bonchev–Trinajstić information content (AvgIpc) is 2.74. The summed E-state index contributed by atoms with van der Waals surface area (Å²) in [4.78, 5) is 3.14. The zero-order valence-electron chi connectivity index (χ0n) is 10.9. The zero-order valence-corrected chi connectivity index (χ0v) is 11.7. The van der Waals surface area contributed by atoms with Crippen LogP contribution in [0.4, 0.5) is 4.39 Å². The van der Waals surface area contributed by atoms with Crippen LogP contribution in [0, 0.1) is 10.6 Å². The van der Waals surface area contributed by atoms with Crippen molar-refractivity contribution in [2.45, 2.75) is 6.54 Å². The van der Waals surface area contributed by atoms with E-state index in [0.717, 1.165) is 22.3 Å². The van der Waals surface area contributed by atoms with Crippen LogP contribution in [-0.2, 0) is 6.54 Å². The molecule has 3 rings (SSSR count). The lowest BCUT2D eigenvalue weighted by Gasteiger charge is -2.06. The summed E-state index contributed by atoms with van der Waals surface area (Å²) in [6.07, 6.45) is 0. The van der Waals surface area contributed by atoms with E-state index < -0.39 is 0 Å². The Morgan fingerprint density at radius 1 is 1.25 bits per heavy atom. The molecule has 0 aliphatic heterocycles. The predicted molar refractivity (Wildman–Crippen MR) is 79.2 cm³/mol. The number of rotatable bonds is 3. The molecular formula is C15H13FN2OS. The maximum absolute atomic E-state index is 13.3. The molecule has 3 aromatic rings. The first-order chi connectivity index (χ1) is 9.67. The molecule has 0 saturated carbocycles. The van der Waals surface area contributed by atoms with Gasteiger partial charge in [0.1, 0.15) is 11.6 Å². The van der Waals surface area contributed by atoms with Crippen molar-refractivity contribution in [2.75, 3.05) is 7.11 Å². The molecule has 1 aromatic heterocycles. The second-order valence-electron chi connectivity index (χ2n) is 4.53. The van der Waals surface area contributed by atoms with Gasteiger partial charge in [0.2, 0.25) is 0 Å². The Balaban J connectivity index is 2.10. The summed E-state index contributed by atoms with van der Waals surface area (Å²) in [5.74, 6) is 0.519. The Kier molecular flexibility index (Phi) is 3.28. The van der Waals surface area contributed by atoms with Crippen molar-refractivity contribution in [3.8, 4) is 5.75 Å². The van der Waals surface area contributed by atoms with Crippen molar-refractivity contribution in [1.82, 2.24) is 9.55 Å². The molecule has 0 radical (unpaired) electrons. The molecule has 0 atom stereocenters. The molecule has 1 N–H and O–H groups in total. The number of halogens is 1. The second kappa shape index (κ2) is 5.09. The highest BCUT2D eigenvalue weighted by Crippen LogP contribution is 2.21. The summed E-state index contributed by atoms with van der Waals surface area (Å²) in [6.45, 7) is 0.518. The largest absolute Gasteiger partial charge is 0.497 e. The minimum absolute atomic E-state index is 0.244. The molecule has 5 heteroatoms. The number of aromatic amines is 1. The van der Waals surface area contributed by atoms with Crippen LogP contribution < -0.4 is 4.74 Å². The molecule has 20 heavy (non-hydrogen) atoms. The van der Waals surface area contributed by atoms with Gasteiger partial charge in [-0.05, 0) is 42.0 Å². The Morgan fingerprint density at radius 2 is 2.10 bits per heavy atom. The summed E-state index contributed by atoms with van der Waals surface area (Å²) in [5.41, 5.74) is 2.75. The first-order valence-electron chi connectivity index (χ1n) is 6.18. The summed E-state index contributed by atoms with van der Waals surface area (Å²) in [7, 11) is 1.62. The molecule has 102 valence electrons. The van der Waals surface area contributed by atoms with Gasteiger partial charge in [-0.3, -0.25) is 0 Å². The number of benzene rings is 2. The van der Waals surface area contributed by atoms with Crippen LogP contribution in [0.5, 0.6) is 5.75 Å². The molecule has 3 nitrogen and oxygen atoms in total. The van der Waals surface area contributed by atoms with Crippen molar-refractivity contribution in [3.63, 3.8) is 0 Å². The number of methoxy groups -OCH3 is 1. The standard InChI is InChI=1S/C15H13FN2OS/c1-19-12-5-6-13-14(8-12)18(15(20)17-13)9-10-3-2-4-11(16)7-10/h2-8H,9H2,1H3,(H,17,20). The minimum Gasteiger partial charge on any atom is -0.497 e. The van der Waals surface area contributed by atoms with Crippen LogP contribution in [0.15, 0.2) is 42.5 Å². The SMILES string of the molecule is COc1ccc2[nH]c(=S)n(Cc3cccc(F)c3)c2c1. The number of imidazole rings is 1. The summed E-state index contributed by atoms with van der Waals surface area (Å²) < 4.78 is 21.0. The summed E-state index contributed by atoms with van der Waals surface area (Å²) >= 11 is 5.34. The van der Waals surface area contributed by atoms with Gasteiger partial charge in [0.25, 0.3) is 0 Å². The number of fused-ring (bicyclic) bond motifs is 1. The predicted octanol–water partition coefficient (Wildman–Crippen LogP) is 3.89. The fourth-order valence-corrected chi connectivity index (χ4v) is 2.51. The van der Waals surface area contributed by atoms with Gasteiger partial charge in [-0.1, -0.05) is 12.1 Å². The lowest BCUT2D eigenvalue weighted by molar-refractivity contribution is 0.415. The van der Waals surface area contributed by atoms with Gasteiger partial charge >= 0.3 is 0 Å². The molecule has 0 unspecified atom stereocenters. The molecular weight excluding hydrogens is 275 g/mol. The molecule has 2 aromatic carbocycles. The van der Waals surface area contributed by atoms with Gasteiger partial charge in [-0.25, -0.2) is 4.39 Å². The fraction of sp³-hybridized carbons (Fsp3) is 0.133. The van der Waals surface area contributed by atoms with Crippen LogP contribution in [0.1, 0.15) is 5.56 Å². The summed E-state index contributed by atoms with van der Waals surface area (Å²) in [5, 5.41) is 0. The van der Waals surface area contributed by atoms with E-state index in [4.69, 9.17) is 17.0 Å². The van der Waals surface area contributed by atoms with Gasteiger partial charge in [-0.2, -0.15) is 0 Å². The Morgan fingerprint density at radius 3 is 2.85 bits per heavy atom. The highest BCUT2D eigenvalue weighted by molar-refractivity contribution is 7.71. The average molecular weight is 288 g/mol. The Labute approximate surface area is 120 Å². The lowest BCUT2D eigenvalue weighted by Crippen LogP contribution is -2.00. The maximum Gasteiger partial charge on any atom is 0.178 e. The van der Waals surface area contributed by atoms with Crippen LogP contribution in [0.3, 0.4) is 0 Å². The molecule has 1 heterocycles. The maximum atomic E-state index is 13.3. The van der Waals surface area contributed by atoms with E-state index in [9.17, 15) is 4.39 Å². The number of hydrogen-bond donors (Lipinski definition) is 1. The van der Waals surface area contributed by atoms with E-state index in [1.54, 1.807) is 13.2 Å². The first-order valence-corrected chi connectivity index (χ1v) is 6.59. The third-order valence-corrected chi connectivity index (χ3v) is 3.53. The number of ether oxygens (including phenoxy) is 1. The van der Waals surface area contributed by atoms with E-state index in [1.807, 2.05) is 28.8 Å². The van der Waals surface area contributed by atoms with E-state index >= 15 is 0 Å². The van der Waals surface area contributed by atoms with Crippen LogP contribution in [-0.4, -0.2) is 16.7 Å². The van der Waals surface area contributed by atoms with Gasteiger partial charge in [0.15, 0.2) is 4.77 Å². The highest BCUT2D eigenvalue weighted by Gasteiger charge is 2.07. The highest BCUT2D eigenvalue weighted by atomic mass is 32.1. The molecule has 0 amide bonds. The van der Waals surface area contributed by atoms with E-state index in [0.29, 0.717) is 11.3 Å². The number of H-pyrrole nitrogens is 1. The smallest absolute Gasteiger partial charge is 0.178 e. The quantitative estimate of drug-likeness (QED) is 0.741. The molecule has 0 saturated heterocycles. The third kappa shape index (κ3) is 2.32. The molecule has 0 fully saturated rings. The van der Waals surface area contributed by atoms with Gasteiger partial charge in [0.05, 0.1) is 24.7 Å². The molecule has 0 spiro atoms. The van der Waals surface area contributed by atoms with Gasteiger partial charge < -0.3 is 14.3 Å². The van der Waals surface area contributed by atoms with Crippen LogP contribution in [0.2, 0.25) is 0 Å². The monoisotopic (exact) mass is 288 g/mol. The summed E-state index contributed by atoms with van der Waals surface area (Å²) in [6, 6.07) is 12.2. The number of nitrogens with one attached hydrogen (secondary N) is 1. The number of aromatic nitrogens is 2. The van der Waals surface area contributed by atoms with Crippen molar-refractivity contribution in [3.05, 3.63) is 58.6 Å². The van der Waals surface area contributed by atoms with E-state index in [1.165, 1.54) is 12.1 Å². The van der Waals surface area contributed by atoms with Crippen molar-refractivity contribution in [2.24, 2.45) is 0 Å². The minimum atomic E-state index is -0.244. The van der Waals surface area contributed by atoms with Crippen molar-refractivity contribution < 1.29 is 9.13 Å². The molecule has 0 aliphatic carbocycles. The number of nitrogens with zero attached hydrogens (tertiary/aromatic N) is 1. The van der Waals surface area contributed by atoms with Gasteiger partial charge in [-0.15, -0.1) is 0 Å². The van der Waals surface area contributed by atoms with Crippen LogP contribution in [0.25, 0.3) is 11.0 Å². The molecule has 0 aliphatic rings. The molecule has 0 bridgehead atoms. The fourth-order valence-electron chi connectivity index (χ4n) is 2.23. The Bertz CT molecular complexity index is 822. The van der Waals surface area contributed by atoms with Crippen molar-refractivity contribution >= 4 is 23.3 Å². The topological polar surface area (TPSA) is 29.9 Å². The number of hydrogen-bond acceptors (Lipinski definition) is 2. The lowest BCUT2D eigenvalue weighted by atomic mass is 10.2. The third-order valence-electron chi connectivity index (χ3n) is 3.21. The first kappa shape index (κ1) is 12.9. The second-order valence-corrected chi connectivity index (χ2v) is 4.92. The van der Waals surface area contributed by atoms with Crippen molar-refractivity contribution in [1.29, 1.82) is 0 Å². The van der Waals surface area contributed by atoms with Gasteiger partial charge in [0, 0.05) is 6.07 Å². The zero-order chi connectivity index (χ0) is 14.1. The van der Waals surface area contributed by atoms with E-state index in [-0.39, 0.29) is 5.82 Å². The van der Waals surface area contributed by atoms with E-state index in [2.05, 4.69) is 4.98 Å².